The highest BCUT2D eigenvalue weighted by Crippen LogP contribution is 2.35. The van der Waals surface area contributed by atoms with Crippen molar-refractivity contribution in [3.8, 4) is 0 Å². The molecule has 1 unspecified atom stereocenters. The summed E-state index contributed by atoms with van der Waals surface area (Å²) < 4.78 is 42.8. The molecule has 4 heterocycles. The van der Waals surface area contributed by atoms with Crippen LogP contribution in [0.1, 0.15) is 66.1 Å². The number of likely N-dealkylation sites (tertiary alicyclic amines) is 1. The molecule has 222 valence electrons. The van der Waals surface area contributed by atoms with Crippen molar-refractivity contribution in [3.05, 3.63) is 47.2 Å². The summed E-state index contributed by atoms with van der Waals surface area (Å²) in [5.41, 5.74) is -2.24. The fraction of sp³-hybridized carbons (Fsp3) is 0.458. The summed E-state index contributed by atoms with van der Waals surface area (Å²) in [6.45, 7) is 2.27. The minimum atomic E-state index is -4.55. The highest BCUT2D eigenvalue weighted by atomic mass is 19.4. The number of nitrogens with zero attached hydrogens (tertiary/aromatic N) is 6. The highest BCUT2D eigenvalue weighted by Gasteiger charge is 2.41. The van der Waals surface area contributed by atoms with Gasteiger partial charge in [-0.2, -0.15) is 23.4 Å². The second-order valence-electron chi connectivity index (χ2n) is 9.36. The Morgan fingerprint density at radius 2 is 1.71 bits per heavy atom. The number of aryl methyl sites for hydroxylation is 2. The number of carboxylic acids is 3. The van der Waals surface area contributed by atoms with Gasteiger partial charge in [0, 0.05) is 31.5 Å². The van der Waals surface area contributed by atoms with Crippen LogP contribution in [0.25, 0.3) is 5.65 Å². The van der Waals surface area contributed by atoms with Gasteiger partial charge in [0.15, 0.2) is 11.2 Å². The molecule has 17 heteroatoms. The summed E-state index contributed by atoms with van der Waals surface area (Å²) in [7, 11) is 1.72. The lowest BCUT2D eigenvalue weighted by molar-refractivity contribution is -0.170. The summed E-state index contributed by atoms with van der Waals surface area (Å²) in [6.07, 6.45) is -1.95. The topological polar surface area (TPSA) is 200 Å². The summed E-state index contributed by atoms with van der Waals surface area (Å²) in [5.74, 6) is -5.22. The lowest BCUT2D eigenvalue weighted by Gasteiger charge is -2.22. The van der Waals surface area contributed by atoms with E-state index in [1.54, 1.807) is 31.1 Å². The molecule has 0 bridgehead atoms. The van der Waals surface area contributed by atoms with E-state index in [2.05, 4.69) is 15.2 Å². The van der Waals surface area contributed by atoms with Crippen molar-refractivity contribution < 1.29 is 52.8 Å². The molecule has 0 saturated carbocycles. The smallest absolute Gasteiger partial charge is 0.433 e. The Bertz CT molecular complexity index is 1450. The average molecular weight is 585 g/mol. The molecule has 3 aromatic rings. The number of hydrogen-bond acceptors (Lipinski definition) is 8. The van der Waals surface area contributed by atoms with E-state index >= 15 is 0 Å². The predicted octanol–water partition coefficient (Wildman–Crippen LogP) is 1.77. The van der Waals surface area contributed by atoms with Gasteiger partial charge in [0.25, 0.3) is 5.91 Å². The van der Waals surface area contributed by atoms with Gasteiger partial charge < -0.3 is 25.3 Å². The molecule has 4 rings (SSSR count). The van der Waals surface area contributed by atoms with E-state index in [1.807, 2.05) is 0 Å². The summed E-state index contributed by atoms with van der Waals surface area (Å²) >= 11 is 0. The number of rotatable bonds is 8. The normalized spacial score (nSPS) is 15.5. The number of carbonyl (C=O) groups is 4. The Morgan fingerprint density at radius 1 is 1.07 bits per heavy atom. The SMILES string of the molecule is CCc1cc(C(F)(F)F)n2nc(C3CCCN3C(=O)c3cnn(C)c3)cc2n1.O=C(O)CC(O)(CC(=O)O)C(=O)O. The monoisotopic (exact) mass is 584 g/mol. The van der Waals surface area contributed by atoms with Crippen LogP contribution in [0, 0.1) is 0 Å². The van der Waals surface area contributed by atoms with Crippen molar-refractivity contribution in [2.75, 3.05) is 6.54 Å². The number of aliphatic hydroxyl groups is 1. The first-order valence-electron chi connectivity index (χ1n) is 12.2. The van der Waals surface area contributed by atoms with Crippen LogP contribution >= 0.6 is 0 Å². The largest absolute Gasteiger partial charge is 0.481 e. The van der Waals surface area contributed by atoms with Gasteiger partial charge in [0.1, 0.15) is 5.69 Å². The van der Waals surface area contributed by atoms with Crippen molar-refractivity contribution in [3.63, 3.8) is 0 Å². The average Bonchev–Trinajstić information content (AvgIpc) is 3.60. The van der Waals surface area contributed by atoms with Crippen molar-refractivity contribution in [1.82, 2.24) is 29.3 Å². The zero-order chi connectivity index (χ0) is 30.7. The van der Waals surface area contributed by atoms with E-state index in [-0.39, 0.29) is 17.6 Å². The molecule has 4 N–H and O–H groups in total. The maximum absolute atomic E-state index is 13.5. The molecular weight excluding hydrogens is 557 g/mol. The number of carbonyl (C=O) groups excluding carboxylic acids is 1. The Labute approximate surface area is 229 Å². The van der Waals surface area contributed by atoms with Gasteiger partial charge >= 0.3 is 24.1 Å². The number of alkyl halides is 3. The minimum Gasteiger partial charge on any atom is -0.481 e. The molecule has 3 aromatic heterocycles. The molecule has 1 amide bonds. The minimum absolute atomic E-state index is 0.141. The van der Waals surface area contributed by atoms with Crippen molar-refractivity contribution in [2.24, 2.45) is 7.05 Å². The fourth-order valence-electron chi connectivity index (χ4n) is 4.32. The summed E-state index contributed by atoms with van der Waals surface area (Å²) in [4.78, 5) is 49.2. The molecule has 1 saturated heterocycles. The molecule has 14 nitrogen and oxygen atoms in total. The molecular formula is C24H27F3N6O8. The number of fused-ring (bicyclic) bond motifs is 1. The van der Waals surface area contributed by atoms with Crippen LogP contribution in [0.4, 0.5) is 13.2 Å². The zero-order valence-corrected chi connectivity index (χ0v) is 21.9. The molecule has 1 aliphatic heterocycles. The molecule has 1 atom stereocenters. The first-order chi connectivity index (χ1) is 19.1. The van der Waals surface area contributed by atoms with Crippen LogP contribution in [-0.4, -0.2) is 85.7 Å². The van der Waals surface area contributed by atoms with E-state index in [1.165, 1.54) is 10.9 Å². The van der Waals surface area contributed by atoms with Gasteiger partial charge in [0.05, 0.1) is 36.3 Å². The van der Waals surface area contributed by atoms with Gasteiger partial charge in [-0.3, -0.25) is 19.1 Å². The number of aliphatic carboxylic acids is 3. The first-order valence-corrected chi connectivity index (χ1v) is 12.2. The zero-order valence-electron chi connectivity index (χ0n) is 21.9. The molecule has 1 aliphatic rings. The third-order valence-electron chi connectivity index (χ3n) is 6.24. The van der Waals surface area contributed by atoms with Crippen molar-refractivity contribution in [2.45, 2.75) is 56.8 Å². The summed E-state index contributed by atoms with van der Waals surface area (Å²) in [5, 5.41) is 42.0. The molecule has 41 heavy (non-hydrogen) atoms. The molecule has 0 aromatic carbocycles. The van der Waals surface area contributed by atoms with Gasteiger partial charge in [-0.15, -0.1) is 0 Å². The lowest BCUT2D eigenvalue weighted by Crippen LogP contribution is -2.42. The second-order valence-corrected chi connectivity index (χ2v) is 9.36. The van der Waals surface area contributed by atoms with Crippen LogP contribution < -0.4 is 0 Å². The van der Waals surface area contributed by atoms with Gasteiger partial charge in [0.2, 0.25) is 0 Å². The summed E-state index contributed by atoms with van der Waals surface area (Å²) in [6, 6.07) is 2.19. The molecule has 0 spiro atoms. The van der Waals surface area contributed by atoms with Gasteiger partial charge in [-0.25, -0.2) is 14.3 Å². The van der Waals surface area contributed by atoms with Crippen LogP contribution in [0.3, 0.4) is 0 Å². The van der Waals surface area contributed by atoms with E-state index in [4.69, 9.17) is 20.4 Å². The van der Waals surface area contributed by atoms with Crippen LogP contribution in [0.2, 0.25) is 0 Å². The predicted molar refractivity (Wildman–Crippen MR) is 131 cm³/mol. The maximum atomic E-state index is 13.5. The van der Waals surface area contributed by atoms with Crippen LogP contribution in [-0.2, 0) is 34.0 Å². The molecule has 1 fully saturated rings. The van der Waals surface area contributed by atoms with Crippen molar-refractivity contribution in [1.29, 1.82) is 0 Å². The number of halogens is 3. The number of carboxylic acid groups (broad SMARTS) is 3. The number of hydrogen-bond donors (Lipinski definition) is 4. The third-order valence-corrected chi connectivity index (χ3v) is 6.24. The maximum Gasteiger partial charge on any atom is 0.433 e. The second kappa shape index (κ2) is 11.9. The number of aromatic nitrogens is 5. The lowest BCUT2D eigenvalue weighted by atomic mass is 9.96. The Hall–Kier alpha value is -4.54. The van der Waals surface area contributed by atoms with Gasteiger partial charge in [-0.1, -0.05) is 6.92 Å². The number of amides is 1. The molecule has 0 aliphatic carbocycles. The Balaban J connectivity index is 0.000000302. The Morgan fingerprint density at radius 3 is 2.20 bits per heavy atom. The van der Waals surface area contributed by atoms with E-state index < -0.39 is 48.2 Å². The first kappa shape index (κ1) is 31.0. The quantitative estimate of drug-likeness (QED) is 0.301. The van der Waals surface area contributed by atoms with E-state index in [0.717, 1.165) is 17.0 Å². The molecule has 0 radical (unpaired) electrons. The van der Waals surface area contributed by atoms with Crippen LogP contribution in [0.5, 0.6) is 0 Å². The highest BCUT2D eigenvalue weighted by molar-refractivity contribution is 5.94. The van der Waals surface area contributed by atoms with E-state index in [0.29, 0.717) is 36.3 Å². The standard InChI is InChI=1S/C18H19F3N6O.C6H8O7/c1-3-12-7-15(18(19,20)21)27-16(23-12)8-13(24-27)14-5-4-6-26(14)17(28)11-9-22-25(2)10-11;7-3(8)1-6(13,5(11)12)2-4(9)10/h7-10,14H,3-6H2,1-2H3;13H,1-2H2,(H,7,8)(H,9,10)(H,11,12). The van der Waals surface area contributed by atoms with E-state index in [9.17, 15) is 32.3 Å². The van der Waals surface area contributed by atoms with Gasteiger partial charge in [-0.05, 0) is 25.3 Å². The Kier molecular flexibility index (Phi) is 9.00. The third kappa shape index (κ3) is 7.16. The van der Waals surface area contributed by atoms with Crippen LogP contribution in [0.15, 0.2) is 24.5 Å². The van der Waals surface area contributed by atoms with Crippen molar-refractivity contribution >= 4 is 29.5 Å². The fourth-order valence-corrected chi connectivity index (χ4v) is 4.32.